The number of rotatable bonds is 6. The SMILES string of the molecule is CCNCC1CCCCN1S(=O)(=O)N1CCOCC1CC. The van der Waals surface area contributed by atoms with Gasteiger partial charge in [0.2, 0.25) is 0 Å². The molecule has 2 fully saturated rings. The van der Waals surface area contributed by atoms with Gasteiger partial charge < -0.3 is 10.1 Å². The van der Waals surface area contributed by atoms with E-state index >= 15 is 0 Å². The van der Waals surface area contributed by atoms with E-state index in [9.17, 15) is 8.42 Å². The summed E-state index contributed by atoms with van der Waals surface area (Å²) in [5, 5.41) is 3.30. The first kappa shape index (κ1) is 17.1. The predicted molar refractivity (Wildman–Crippen MR) is 83.4 cm³/mol. The maximum atomic E-state index is 13.1. The number of likely N-dealkylation sites (N-methyl/N-ethyl adjacent to an activating group) is 1. The average molecular weight is 319 g/mol. The third-order valence-electron chi connectivity index (χ3n) is 4.44. The zero-order valence-electron chi connectivity index (χ0n) is 13.3. The van der Waals surface area contributed by atoms with E-state index in [0.717, 1.165) is 38.8 Å². The fourth-order valence-corrected chi connectivity index (χ4v) is 5.27. The van der Waals surface area contributed by atoms with Gasteiger partial charge in [0.1, 0.15) is 0 Å². The van der Waals surface area contributed by atoms with Crippen LogP contribution in [0.5, 0.6) is 0 Å². The molecule has 0 aromatic heterocycles. The van der Waals surface area contributed by atoms with Crippen LogP contribution in [0.2, 0.25) is 0 Å². The Balaban J connectivity index is 2.14. The summed E-state index contributed by atoms with van der Waals surface area (Å²) < 4.78 is 34.9. The van der Waals surface area contributed by atoms with Gasteiger partial charge in [-0.05, 0) is 25.8 Å². The zero-order chi connectivity index (χ0) is 15.3. The number of hydrogen-bond acceptors (Lipinski definition) is 4. The monoisotopic (exact) mass is 319 g/mol. The molecule has 2 heterocycles. The van der Waals surface area contributed by atoms with Crippen molar-refractivity contribution in [3.63, 3.8) is 0 Å². The molecule has 0 spiro atoms. The van der Waals surface area contributed by atoms with Crippen molar-refractivity contribution in [3.05, 3.63) is 0 Å². The minimum atomic E-state index is -3.38. The van der Waals surface area contributed by atoms with E-state index < -0.39 is 10.2 Å². The predicted octanol–water partition coefficient (Wildman–Crippen LogP) is 0.806. The van der Waals surface area contributed by atoms with E-state index in [4.69, 9.17) is 4.74 Å². The second kappa shape index (κ2) is 7.87. The van der Waals surface area contributed by atoms with Crippen LogP contribution in [0.3, 0.4) is 0 Å². The zero-order valence-corrected chi connectivity index (χ0v) is 14.1. The Labute approximate surface area is 129 Å². The lowest BCUT2D eigenvalue weighted by atomic mass is 10.1. The number of piperidine rings is 1. The summed E-state index contributed by atoms with van der Waals surface area (Å²) in [7, 11) is -3.38. The van der Waals surface area contributed by atoms with Gasteiger partial charge in [0.15, 0.2) is 0 Å². The standard InChI is InChI=1S/C14H29N3O3S/c1-3-13-12-20-10-9-17(13)21(18,19)16-8-6-5-7-14(16)11-15-4-2/h13-15H,3-12H2,1-2H3. The summed E-state index contributed by atoms with van der Waals surface area (Å²) in [6.45, 7) is 7.84. The summed E-state index contributed by atoms with van der Waals surface area (Å²) in [5.74, 6) is 0. The van der Waals surface area contributed by atoms with Crippen LogP contribution in [0.25, 0.3) is 0 Å². The van der Waals surface area contributed by atoms with Gasteiger partial charge in [-0.1, -0.05) is 20.3 Å². The molecule has 0 saturated carbocycles. The quantitative estimate of drug-likeness (QED) is 0.787. The van der Waals surface area contributed by atoms with Crippen molar-refractivity contribution < 1.29 is 13.2 Å². The van der Waals surface area contributed by atoms with Crippen LogP contribution in [0, 0.1) is 0 Å². The second-order valence-corrected chi connectivity index (χ2v) is 7.66. The third-order valence-corrected chi connectivity index (χ3v) is 6.59. The van der Waals surface area contributed by atoms with Gasteiger partial charge in [-0.15, -0.1) is 0 Å². The average Bonchev–Trinajstić information content (AvgIpc) is 2.53. The molecule has 124 valence electrons. The van der Waals surface area contributed by atoms with E-state index in [1.807, 2.05) is 6.92 Å². The first-order valence-corrected chi connectivity index (χ1v) is 9.58. The highest BCUT2D eigenvalue weighted by Gasteiger charge is 2.40. The van der Waals surface area contributed by atoms with E-state index in [0.29, 0.717) is 26.3 Å². The third kappa shape index (κ3) is 3.96. The first-order chi connectivity index (χ1) is 10.1. The number of hydrogen-bond donors (Lipinski definition) is 1. The lowest BCUT2D eigenvalue weighted by Crippen LogP contribution is -2.58. The Morgan fingerprint density at radius 3 is 2.62 bits per heavy atom. The molecule has 2 aliphatic heterocycles. The molecule has 0 aromatic rings. The van der Waals surface area contributed by atoms with Crippen LogP contribution in [-0.2, 0) is 14.9 Å². The summed E-state index contributed by atoms with van der Waals surface area (Å²) in [5.41, 5.74) is 0. The highest BCUT2D eigenvalue weighted by atomic mass is 32.2. The molecule has 2 saturated heterocycles. The molecular formula is C14H29N3O3S. The molecule has 2 rings (SSSR count). The minimum absolute atomic E-state index is 0.0227. The highest BCUT2D eigenvalue weighted by molar-refractivity contribution is 7.86. The maximum absolute atomic E-state index is 13.1. The summed E-state index contributed by atoms with van der Waals surface area (Å²) in [6, 6.07) is 0.0644. The van der Waals surface area contributed by atoms with Crippen molar-refractivity contribution in [1.29, 1.82) is 0 Å². The van der Waals surface area contributed by atoms with Crippen LogP contribution in [0.4, 0.5) is 0 Å². The molecule has 0 aliphatic carbocycles. The largest absolute Gasteiger partial charge is 0.378 e. The smallest absolute Gasteiger partial charge is 0.282 e. The summed E-state index contributed by atoms with van der Waals surface area (Å²) >= 11 is 0. The Morgan fingerprint density at radius 1 is 1.14 bits per heavy atom. The van der Waals surface area contributed by atoms with Crippen molar-refractivity contribution in [2.45, 2.75) is 51.6 Å². The van der Waals surface area contributed by atoms with Crippen molar-refractivity contribution >= 4 is 10.2 Å². The van der Waals surface area contributed by atoms with Crippen LogP contribution in [-0.4, -0.2) is 68.5 Å². The highest BCUT2D eigenvalue weighted by Crippen LogP contribution is 2.25. The van der Waals surface area contributed by atoms with Crippen molar-refractivity contribution in [2.75, 3.05) is 39.4 Å². The van der Waals surface area contributed by atoms with Crippen LogP contribution in [0.1, 0.15) is 39.5 Å². The fourth-order valence-electron chi connectivity index (χ4n) is 3.19. The van der Waals surface area contributed by atoms with E-state index in [1.54, 1.807) is 8.61 Å². The number of nitrogens with zero attached hydrogens (tertiary/aromatic N) is 2. The lowest BCUT2D eigenvalue weighted by molar-refractivity contribution is 0.0270. The van der Waals surface area contributed by atoms with Gasteiger partial charge in [0.25, 0.3) is 10.2 Å². The van der Waals surface area contributed by atoms with Gasteiger partial charge in [-0.25, -0.2) is 0 Å². The first-order valence-electron chi connectivity index (χ1n) is 8.18. The minimum Gasteiger partial charge on any atom is -0.378 e. The van der Waals surface area contributed by atoms with Gasteiger partial charge in [0.05, 0.1) is 13.2 Å². The number of ether oxygens (including phenoxy) is 1. The van der Waals surface area contributed by atoms with Gasteiger partial charge >= 0.3 is 0 Å². The maximum Gasteiger partial charge on any atom is 0.282 e. The van der Waals surface area contributed by atoms with E-state index in [-0.39, 0.29) is 12.1 Å². The van der Waals surface area contributed by atoms with Crippen molar-refractivity contribution in [1.82, 2.24) is 13.9 Å². The molecule has 0 bridgehead atoms. The van der Waals surface area contributed by atoms with Gasteiger partial charge in [-0.2, -0.15) is 17.0 Å². The normalized spacial score (nSPS) is 29.6. The Hall–Kier alpha value is -0.210. The number of nitrogens with one attached hydrogen (secondary N) is 1. The van der Waals surface area contributed by atoms with Crippen LogP contribution >= 0.6 is 0 Å². The van der Waals surface area contributed by atoms with E-state index in [2.05, 4.69) is 12.2 Å². The summed E-state index contributed by atoms with van der Waals surface area (Å²) in [6.07, 6.45) is 3.82. The molecule has 2 atom stereocenters. The van der Waals surface area contributed by atoms with Gasteiger partial charge in [-0.3, -0.25) is 0 Å². The Morgan fingerprint density at radius 2 is 1.90 bits per heavy atom. The van der Waals surface area contributed by atoms with Crippen LogP contribution < -0.4 is 5.32 Å². The number of morpholine rings is 1. The van der Waals surface area contributed by atoms with E-state index in [1.165, 1.54) is 0 Å². The van der Waals surface area contributed by atoms with Crippen molar-refractivity contribution in [2.24, 2.45) is 0 Å². The molecule has 1 N–H and O–H groups in total. The summed E-state index contributed by atoms with van der Waals surface area (Å²) in [4.78, 5) is 0. The molecule has 0 amide bonds. The molecule has 6 nitrogen and oxygen atoms in total. The van der Waals surface area contributed by atoms with Crippen molar-refractivity contribution in [3.8, 4) is 0 Å². The molecule has 2 aliphatic rings. The Kier molecular flexibility index (Phi) is 6.43. The fraction of sp³-hybridized carbons (Fsp3) is 1.00. The molecular weight excluding hydrogens is 290 g/mol. The molecule has 0 radical (unpaired) electrons. The van der Waals surface area contributed by atoms with Gasteiger partial charge in [0, 0.05) is 31.7 Å². The molecule has 2 unspecified atom stereocenters. The second-order valence-electron chi connectivity index (χ2n) is 5.82. The van der Waals surface area contributed by atoms with Crippen LogP contribution in [0.15, 0.2) is 0 Å². The topological polar surface area (TPSA) is 61.9 Å². The lowest BCUT2D eigenvalue weighted by Gasteiger charge is -2.42. The molecule has 7 heteroatoms. The molecule has 21 heavy (non-hydrogen) atoms. The molecule has 0 aromatic carbocycles. The Bertz CT molecular complexity index is 416.